The lowest BCUT2D eigenvalue weighted by Gasteiger charge is -2.34. The Labute approximate surface area is 195 Å². The Morgan fingerprint density at radius 2 is 1.58 bits per heavy atom. The Morgan fingerprint density at radius 1 is 0.879 bits per heavy atom. The van der Waals surface area contributed by atoms with Gasteiger partial charge in [0, 0.05) is 50.3 Å². The van der Waals surface area contributed by atoms with Gasteiger partial charge in [0.1, 0.15) is 5.82 Å². The summed E-state index contributed by atoms with van der Waals surface area (Å²) in [6.07, 6.45) is 0.778. The summed E-state index contributed by atoms with van der Waals surface area (Å²) < 4.78 is 31.1. The first-order valence-corrected chi connectivity index (χ1v) is 13.0. The molecule has 0 N–H and O–H groups in total. The molecule has 1 saturated heterocycles. The molecule has 2 aromatic carbocycles. The second kappa shape index (κ2) is 9.59. The van der Waals surface area contributed by atoms with Gasteiger partial charge in [-0.1, -0.05) is 48.5 Å². The molecule has 3 aromatic rings. The highest BCUT2D eigenvalue weighted by molar-refractivity contribution is 7.91. The first kappa shape index (κ1) is 22.0. The number of hydrogen-bond donors (Lipinski definition) is 0. The highest BCUT2D eigenvalue weighted by atomic mass is 32.2. The summed E-state index contributed by atoms with van der Waals surface area (Å²) in [7, 11) is -3.31. The van der Waals surface area contributed by atoms with E-state index in [0.717, 1.165) is 54.5 Å². The van der Waals surface area contributed by atoms with Gasteiger partial charge in [0.2, 0.25) is 0 Å². The molecule has 0 unspecified atom stereocenters. The van der Waals surface area contributed by atoms with Gasteiger partial charge in [-0.05, 0) is 12.1 Å². The third kappa shape index (κ3) is 4.93. The second-order valence-electron chi connectivity index (χ2n) is 8.42. The fourth-order valence-electron chi connectivity index (χ4n) is 4.39. The quantitative estimate of drug-likeness (QED) is 0.555. The summed E-state index contributed by atoms with van der Waals surface area (Å²) >= 11 is 0. The van der Waals surface area contributed by atoms with Crippen molar-refractivity contribution >= 4 is 15.7 Å². The fourth-order valence-corrected chi connectivity index (χ4v) is 5.70. The van der Waals surface area contributed by atoms with Crippen molar-refractivity contribution in [3.05, 3.63) is 71.9 Å². The third-order valence-electron chi connectivity index (χ3n) is 6.24. The average molecular weight is 465 g/mol. The maximum absolute atomic E-state index is 12.8. The molecule has 0 saturated carbocycles. The smallest absolute Gasteiger partial charge is 0.179 e. The number of hydrogen-bond acceptors (Lipinski definition) is 7. The first-order chi connectivity index (χ1) is 16.1. The Balaban J connectivity index is 1.40. The Hall–Kier alpha value is -2.81. The van der Waals surface area contributed by atoms with E-state index in [9.17, 15) is 8.42 Å². The Kier molecular flexibility index (Phi) is 6.39. The van der Waals surface area contributed by atoms with E-state index in [1.165, 1.54) is 0 Å². The number of fused-ring (bicyclic) bond motifs is 1. The van der Waals surface area contributed by atoms with Crippen molar-refractivity contribution in [3.8, 4) is 11.4 Å². The third-order valence-corrected chi connectivity index (χ3v) is 7.95. The van der Waals surface area contributed by atoms with Crippen LogP contribution < -0.4 is 4.90 Å². The molecule has 0 spiro atoms. The molecule has 0 amide bonds. The number of nitrogens with zero attached hydrogens (tertiary/aromatic N) is 4. The van der Waals surface area contributed by atoms with Crippen molar-refractivity contribution in [3.63, 3.8) is 0 Å². The van der Waals surface area contributed by atoms with Crippen LogP contribution in [0.4, 0.5) is 5.82 Å². The summed E-state index contributed by atoms with van der Waals surface area (Å²) in [5.41, 5.74) is 3.18. The summed E-state index contributed by atoms with van der Waals surface area (Å²) in [4.78, 5) is 14.8. The Bertz CT molecular complexity index is 1200. The lowest BCUT2D eigenvalue weighted by molar-refractivity contribution is 0.122. The molecule has 3 heterocycles. The number of aromatic nitrogens is 2. The molecular formula is C25H28N4O3S. The minimum Gasteiger partial charge on any atom is -0.378 e. The molecule has 0 atom stereocenters. The van der Waals surface area contributed by atoms with Crippen molar-refractivity contribution < 1.29 is 13.2 Å². The number of morpholine rings is 1. The van der Waals surface area contributed by atoms with Gasteiger partial charge in [-0.3, -0.25) is 4.90 Å². The summed E-state index contributed by atoms with van der Waals surface area (Å²) in [5.74, 6) is 1.80. The second-order valence-corrected chi connectivity index (χ2v) is 10.5. The molecule has 33 heavy (non-hydrogen) atoms. The zero-order valence-electron chi connectivity index (χ0n) is 18.6. The maximum atomic E-state index is 12.8. The summed E-state index contributed by atoms with van der Waals surface area (Å²) in [6, 6.07) is 18.8. The summed E-state index contributed by atoms with van der Waals surface area (Å²) in [5, 5.41) is 0. The van der Waals surface area contributed by atoms with Crippen molar-refractivity contribution in [2.75, 3.05) is 50.0 Å². The van der Waals surface area contributed by atoms with Gasteiger partial charge in [-0.2, -0.15) is 0 Å². The van der Waals surface area contributed by atoms with Crippen LogP contribution in [0.25, 0.3) is 11.4 Å². The van der Waals surface area contributed by atoms with E-state index in [0.29, 0.717) is 31.2 Å². The monoisotopic (exact) mass is 464 g/mol. The molecule has 1 aromatic heterocycles. The predicted octanol–water partition coefficient (Wildman–Crippen LogP) is 2.81. The van der Waals surface area contributed by atoms with Crippen LogP contribution in [0.1, 0.15) is 11.3 Å². The van der Waals surface area contributed by atoms with E-state index in [-0.39, 0.29) is 5.75 Å². The number of rotatable bonds is 6. The van der Waals surface area contributed by atoms with Crippen LogP contribution in [0.5, 0.6) is 0 Å². The minimum absolute atomic E-state index is 0.0994. The van der Waals surface area contributed by atoms with Crippen LogP contribution in [0, 0.1) is 0 Å². The van der Waals surface area contributed by atoms with Crippen molar-refractivity contribution in [1.82, 2.24) is 14.9 Å². The van der Waals surface area contributed by atoms with E-state index in [1.54, 1.807) is 24.3 Å². The zero-order chi connectivity index (χ0) is 22.7. The molecule has 5 rings (SSSR count). The fraction of sp³-hybridized carbons (Fsp3) is 0.360. The molecular weight excluding hydrogens is 436 g/mol. The molecule has 2 aliphatic heterocycles. The molecule has 0 radical (unpaired) electrons. The van der Waals surface area contributed by atoms with Crippen LogP contribution in [-0.4, -0.2) is 68.4 Å². The van der Waals surface area contributed by atoms with Crippen LogP contribution in [0.15, 0.2) is 65.6 Å². The van der Waals surface area contributed by atoms with Crippen LogP contribution in [-0.2, 0) is 27.5 Å². The molecule has 1 fully saturated rings. The number of benzene rings is 2. The van der Waals surface area contributed by atoms with E-state index in [2.05, 4.69) is 9.80 Å². The SMILES string of the molecule is O=S(=O)(CCN1CCc2nc(-c3ccccc3)nc(N3CCOCC3)c2C1)c1ccccc1. The van der Waals surface area contributed by atoms with Crippen LogP contribution in [0.3, 0.4) is 0 Å². The van der Waals surface area contributed by atoms with Crippen molar-refractivity contribution in [1.29, 1.82) is 0 Å². The van der Waals surface area contributed by atoms with Gasteiger partial charge in [-0.25, -0.2) is 18.4 Å². The normalized spacial score (nSPS) is 17.0. The first-order valence-electron chi connectivity index (χ1n) is 11.4. The molecule has 7 nitrogen and oxygen atoms in total. The molecule has 8 heteroatoms. The number of anilines is 1. The predicted molar refractivity (Wildman–Crippen MR) is 128 cm³/mol. The van der Waals surface area contributed by atoms with Crippen LogP contribution in [0.2, 0.25) is 0 Å². The van der Waals surface area contributed by atoms with Gasteiger partial charge >= 0.3 is 0 Å². The average Bonchev–Trinajstić information content (AvgIpc) is 2.88. The van der Waals surface area contributed by atoms with E-state index < -0.39 is 9.84 Å². The zero-order valence-corrected chi connectivity index (χ0v) is 19.4. The molecule has 172 valence electrons. The highest BCUT2D eigenvalue weighted by Crippen LogP contribution is 2.30. The highest BCUT2D eigenvalue weighted by Gasteiger charge is 2.27. The minimum atomic E-state index is -3.31. The van der Waals surface area contributed by atoms with Crippen molar-refractivity contribution in [2.45, 2.75) is 17.9 Å². The standard InChI is InChI=1S/C25H28N4O3S/c30-33(31,21-9-5-2-6-10-21)18-15-28-12-11-23-22(19-28)25(29-13-16-32-17-14-29)27-24(26-23)20-7-3-1-4-8-20/h1-10H,11-19H2. The van der Waals surface area contributed by atoms with Crippen molar-refractivity contribution in [2.24, 2.45) is 0 Å². The van der Waals surface area contributed by atoms with Gasteiger partial charge in [0.05, 0.1) is 29.6 Å². The number of sulfone groups is 1. The van der Waals surface area contributed by atoms with E-state index in [1.807, 2.05) is 36.4 Å². The molecule has 2 aliphatic rings. The van der Waals surface area contributed by atoms with Gasteiger partial charge in [-0.15, -0.1) is 0 Å². The number of ether oxygens (including phenoxy) is 1. The Morgan fingerprint density at radius 3 is 2.30 bits per heavy atom. The molecule has 0 aliphatic carbocycles. The van der Waals surface area contributed by atoms with E-state index in [4.69, 9.17) is 14.7 Å². The lowest BCUT2D eigenvalue weighted by atomic mass is 10.0. The van der Waals surface area contributed by atoms with Crippen LogP contribution >= 0.6 is 0 Å². The maximum Gasteiger partial charge on any atom is 0.179 e. The molecule has 0 bridgehead atoms. The van der Waals surface area contributed by atoms with Gasteiger partial charge in [0.25, 0.3) is 0 Å². The summed E-state index contributed by atoms with van der Waals surface area (Å²) in [6.45, 7) is 4.86. The van der Waals surface area contributed by atoms with Gasteiger partial charge < -0.3 is 9.64 Å². The lowest BCUT2D eigenvalue weighted by Crippen LogP contribution is -2.40. The van der Waals surface area contributed by atoms with E-state index >= 15 is 0 Å². The largest absolute Gasteiger partial charge is 0.378 e. The topological polar surface area (TPSA) is 75.6 Å². The van der Waals surface area contributed by atoms with Gasteiger partial charge in [0.15, 0.2) is 15.7 Å².